The van der Waals surface area contributed by atoms with Gasteiger partial charge in [0.05, 0.1) is 10.6 Å². The summed E-state index contributed by atoms with van der Waals surface area (Å²) in [5.41, 5.74) is 0.578. The number of benzene rings is 1. The molecule has 0 atom stereocenters. The average Bonchev–Trinajstić information content (AvgIpc) is 2.03. The standard InChI is InChI=1S/C9H9ClINO/c1-12(2)9(13)8-6(10)4-3-5-7(8)11/h3-5H,1-2H3. The summed E-state index contributed by atoms with van der Waals surface area (Å²) in [4.78, 5) is 13.1. The first-order valence-corrected chi connectivity index (χ1v) is 5.15. The maximum absolute atomic E-state index is 11.6. The predicted molar refractivity (Wildman–Crippen MR) is 62.2 cm³/mol. The molecule has 0 aliphatic carbocycles. The highest BCUT2D eigenvalue weighted by Crippen LogP contribution is 2.22. The Morgan fingerprint density at radius 3 is 2.54 bits per heavy atom. The number of hydrogen-bond acceptors (Lipinski definition) is 1. The highest BCUT2D eigenvalue weighted by Gasteiger charge is 2.14. The zero-order chi connectivity index (χ0) is 10.0. The van der Waals surface area contributed by atoms with Crippen LogP contribution in [0.1, 0.15) is 10.4 Å². The lowest BCUT2D eigenvalue weighted by atomic mass is 10.2. The van der Waals surface area contributed by atoms with Gasteiger partial charge in [-0.2, -0.15) is 0 Å². The molecule has 1 amide bonds. The molecule has 0 fully saturated rings. The van der Waals surface area contributed by atoms with Crippen molar-refractivity contribution >= 4 is 40.1 Å². The minimum absolute atomic E-state index is 0.0602. The molecule has 0 aliphatic heterocycles. The molecule has 0 aliphatic rings. The van der Waals surface area contributed by atoms with E-state index in [0.29, 0.717) is 10.6 Å². The monoisotopic (exact) mass is 309 g/mol. The third-order valence-electron chi connectivity index (χ3n) is 1.58. The molecule has 0 aromatic heterocycles. The molecule has 4 heteroatoms. The summed E-state index contributed by atoms with van der Waals surface area (Å²) in [7, 11) is 3.42. The quantitative estimate of drug-likeness (QED) is 0.730. The van der Waals surface area contributed by atoms with E-state index in [0.717, 1.165) is 3.57 Å². The zero-order valence-corrected chi connectivity index (χ0v) is 10.3. The maximum atomic E-state index is 11.6. The van der Waals surface area contributed by atoms with Gasteiger partial charge in [-0.15, -0.1) is 0 Å². The predicted octanol–water partition coefficient (Wildman–Crippen LogP) is 2.65. The third-order valence-corrected chi connectivity index (χ3v) is 2.80. The van der Waals surface area contributed by atoms with Crippen molar-refractivity contribution in [3.05, 3.63) is 32.4 Å². The Labute approximate surface area is 96.0 Å². The molecule has 70 valence electrons. The highest BCUT2D eigenvalue weighted by molar-refractivity contribution is 14.1. The van der Waals surface area contributed by atoms with Gasteiger partial charge in [0.2, 0.25) is 0 Å². The number of halogens is 2. The third kappa shape index (κ3) is 2.34. The molecule has 1 aromatic carbocycles. The van der Waals surface area contributed by atoms with E-state index in [1.165, 1.54) is 4.90 Å². The van der Waals surface area contributed by atoms with Gasteiger partial charge >= 0.3 is 0 Å². The van der Waals surface area contributed by atoms with Gasteiger partial charge in [0.1, 0.15) is 0 Å². The summed E-state index contributed by atoms with van der Waals surface area (Å²) in [6.45, 7) is 0. The van der Waals surface area contributed by atoms with Crippen LogP contribution in [0.5, 0.6) is 0 Å². The lowest BCUT2D eigenvalue weighted by Gasteiger charge is -2.12. The van der Waals surface area contributed by atoms with Crippen LogP contribution in [-0.4, -0.2) is 24.9 Å². The smallest absolute Gasteiger partial charge is 0.255 e. The van der Waals surface area contributed by atoms with Crippen molar-refractivity contribution in [1.29, 1.82) is 0 Å². The summed E-state index contributed by atoms with van der Waals surface area (Å²) in [5, 5.41) is 0.505. The van der Waals surface area contributed by atoms with E-state index in [2.05, 4.69) is 22.6 Å². The molecule has 0 heterocycles. The first kappa shape index (κ1) is 10.8. The molecular weight excluding hydrogens is 300 g/mol. The van der Waals surface area contributed by atoms with Crippen molar-refractivity contribution in [1.82, 2.24) is 4.90 Å². The Kier molecular flexibility index (Phi) is 3.55. The Morgan fingerprint density at radius 1 is 1.46 bits per heavy atom. The number of hydrogen-bond donors (Lipinski definition) is 0. The molecule has 0 spiro atoms. The summed E-state index contributed by atoms with van der Waals surface area (Å²) in [6.07, 6.45) is 0. The van der Waals surface area contributed by atoms with E-state index in [-0.39, 0.29) is 5.91 Å². The van der Waals surface area contributed by atoms with Crippen molar-refractivity contribution in [2.45, 2.75) is 0 Å². The second-order valence-corrected chi connectivity index (χ2v) is 4.37. The maximum Gasteiger partial charge on any atom is 0.255 e. The lowest BCUT2D eigenvalue weighted by molar-refractivity contribution is 0.0827. The molecule has 0 N–H and O–H groups in total. The summed E-state index contributed by atoms with van der Waals surface area (Å²) in [6, 6.07) is 5.42. The molecule has 13 heavy (non-hydrogen) atoms. The fourth-order valence-corrected chi connectivity index (χ4v) is 2.07. The van der Waals surface area contributed by atoms with E-state index in [1.807, 2.05) is 12.1 Å². The Morgan fingerprint density at radius 2 is 2.08 bits per heavy atom. The van der Waals surface area contributed by atoms with Crippen LogP contribution in [0.2, 0.25) is 5.02 Å². The summed E-state index contributed by atoms with van der Waals surface area (Å²) in [5.74, 6) is -0.0602. The van der Waals surface area contributed by atoms with Gasteiger partial charge in [-0.3, -0.25) is 4.79 Å². The van der Waals surface area contributed by atoms with Crippen LogP contribution in [0.4, 0.5) is 0 Å². The number of rotatable bonds is 1. The first-order valence-electron chi connectivity index (χ1n) is 3.69. The average molecular weight is 310 g/mol. The molecule has 0 saturated heterocycles. The minimum atomic E-state index is -0.0602. The second-order valence-electron chi connectivity index (χ2n) is 2.80. The Hall–Kier alpha value is -0.290. The molecule has 0 radical (unpaired) electrons. The van der Waals surface area contributed by atoms with E-state index in [9.17, 15) is 4.79 Å². The largest absolute Gasteiger partial charge is 0.345 e. The fraction of sp³-hybridized carbons (Fsp3) is 0.222. The second kappa shape index (κ2) is 4.28. The van der Waals surface area contributed by atoms with Gasteiger partial charge in [0.15, 0.2) is 0 Å². The zero-order valence-electron chi connectivity index (χ0n) is 7.34. The van der Waals surface area contributed by atoms with Crippen molar-refractivity contribution < 1.29 is 4.79 Å². The number of amides is 1. The molecule has 0 bridgehead atoms. The van der Waals surface area contributed by atoms with Crippen molar-refractivity contribution in [2.24, 2.45) is 0 Å². The van der Waals surface area contributed by atoms with Crippen LogP contribution in [0.15, 0.2) is 18.2 Å². The van der Waals surface area contributed by atoms with E-state index < -0.39 is 0 Å². The highest BCUT2D eigenvalue weighted by atomic mass is 127. The van der Waals surface area contributed by atoms with Gasteiger partial charge in [0.25, 0.3) is 5.91 Å². The topological polar surface area (TPSA) is 20.3 Å². The Bertz CT molecular complexity index is 318. The summed E-state index contributed by atoms with van der Waals surface area (Å²) >= 11 is 8.02. The first-order chi connectivity index (χ1) is 6.04. The van der Waals surface area contributed by atoms with Gasteiger partial charge in [-0.05, 0) is 34.7 Å². The molecule has 0 saturated carbocycles. The lowest BCUT2D eigenvalue weighted by Crippen LogP contribution is -2.22. The van der Waals surface area contributed by atoms with Crippen LogP contribution >= 0.6 is 34.2 Å². The molecule has 1 rings (SSSR count). The van der Waals surface area contributed by atoms with Crippen molar-refractivity contribution in [3.63, 3.8) is 0 Å². The van der Waals surface area contributed by atoms with E-state index in [1.54, 1.807) is 20.2 Å². The summed E-state index contributed by atoms with van der Waals surface area (Å²) < 4.78 is 0.879. The van der Waals surface area contributed by atoms with Crippen LogP contribution < -0.4 is 0 Å². The van der Waals surface area contributed by atoms with Gasteiger partial charge in [0, 0.05) is 17.7 Å². The van der Waals surface area contributed by atoms with Gasteiger partial charge < -0.3 is 4.90 Å². The molecular formula is C9H9ClINO. The van der Waals surface area contributed by atoms with Crippen molar-refractivity contribution in [3.8, 4) is 0 Å². The van der Waals surface area contributed by atoms with E-state index >= 15 is 0 Å². The van der Waals surface area contributed by atoms with Gasteiger partial charge in [-0.25, -0.2) is 0 Å². The van der Waals surface area contributed by atoms with Crippen molar-refractivity contribution in [2.75, 3.05) is 14.1 Å². The van der Waals surface area contributed by atoms with Gasteiger partial charge in [-0.1, -0.05) is 17.7 Å². The van der Waals surface area contributed by atoms with Crippen LogP contribution in [0.25, 0.3) is 0 Å². The fourth-order valence-electron chi connectivity index (χ4n) is 0.926. The number of carbonyl (C=O) groups excluding carboxylic acids is 1. The van der Waals surface area contributed by atoms with Crippen LogP contribution in [0, 0.1) is 3.57 Å². The normalized spacial score (nSPS) is 9.85. The molecule has 2 nitrogen and oxygen atoms in total. The minimum Gasteiger partial charge on any atom is -0.345 e. The van der Waals surface area contributed by atoms with Crippen LogP contribution in [0.3, 0.4) is 0 Å². The molecule has 0 unspecified atom stereocenters. The SMILES string of the molecule is CN(C)C(=O)c1c(Cl)cccc1I. The molecule has 1 aromatic rings. The van der Waals surface area contributed by atoms with Crippen LogP contribution in [-0.2, 0) is 0 Å². The number of carbonyl (C=O) groups is 1. The van der Waals surface area contributed by atoms with E-state index in [4.69, 9.17) is 11.6 Å². The Balaban J connectivity index is 3.20. The number of nitrogens with zero attached hydrogens (tertiary/aromatic N) is 1.